The Hall–Kier alpha value is -3.35. The van der Waals surface area contributed by atoms with Crippen LogP contribution < -0.4 is 15.4 Å². The minimum Gasteiger partial charge on any atom is -0.481 e. The first-order valence-corrected chi connectivity index (χ1v) is 9.21. The molecule has 28 heavy (non-hydrogen) atoms. The van der Waals surface area contributed by atoms with Gasteiger partial charge in [0.05, 0.1) is 25.9 Å². The standard InChI is InChI=1S/C21H25N5O2/c1-4-22-21(23-12-17-6-5-7-19(25-17)27-3)24-13-18-14-28-20(26-18)16-10-8-15(2)9-11-16/h5-11,14H,4,12-13H2,1-3H3,(H2,22,23,24). The Labute approximate surface area is 164 Å². The van der Waals surface area contributed by atoms with Crippen LogP contribution in [0.15, 0.2) is 58.1 Å². The van der Waals surface area contributed by atoms with Gasteiger partial charge >= 0.3 is 0 Å². The molecule has 3 aromatic rings. The number of hydrogen-bond donors (Lipinski definition) is 2. The molecule has 0 aliphatic carbocycles. The molecular weight excluding hydrogens is 354 g/mol. The minimum absolute atomic E-state index is 0.413. The Morgan fingerprint density at radius 2 is 1.89 bits per heavy atom. The maximum Gasteiger partial charge on any atom is 0.226 e. The molecule has 7 nitrogen and oxygen atoms in total. The monoisotopic (exact) mass is 379 g/mol. The zero-order valence-electron chi connectivity index (χ0n) is 16.4. The van der Waals surface area contributed by atoms with Crippen molar-refractivity contribution in [3.8, 4) is 17.3 Å². The Kier molecular flexibility index (Phi) is 6.62. The molecule has 0 unspecified atom stereocenters. The number of methoxy groups -OCH3 is 1. The summed E-state index contributed by atoms with van der Waals surface area (Å²) in [5, 5.41) is 6.48. The van der Waals surface area contributed by atoms with E-state index >= 15 is 0 Å². The van der Waals surface area contributed by atoms with Crippen molar-refractivity contribution in [3.63, 3.8) is 0 Å². The molecule has 0 radical (unpaired) electrons. The molecule has 0 aliphatic heterocycles. The molecule has 2 aromatic heterocycles. The summed E-state index contributed by atoms with van der Waals surface area (Å²) in [6, 6.07) is 13.7. The molecule has 7 heteroatoms. The van der Waals surface area contributed by atoms with E-state index in [0.717, 1.165) is 23.5 Å². The third-order valence-electron chi connectivity index (χ3n) is 4.02. The molecule has 146 valence electrons. The van der Waals surface area contributed by atoms with E-state index in [2.05, 4.69) is 32.5 Å². The van der Waals surface area contributed by atoms with Crippen molar-refractivity contribution in [2.24, 2.45) is 4.99 Å². The lowest BCUT2D eigenvalue weighted by Crippen LogP contribution is -2.37. The molecule has 0 aliphatic rings. The van der Waals surface area contributed by atoms with Gasteiger partial charge in [-0.05, 0) is 32.0 Å². The van der Waals surface area contributed by atoms with Crippen molar-refractivity contribution in [3.05, 3.63) is 65.7 Å². The highest BCUT2D eigenvalue weighted by Crippen LogP contribution is 2.19. The van der Waals surface area contributed by atoms with Gasteiger partial charge in [0.25, 0.3) is 0 Å². The van der Waals surface area contributed by atoms with E-state index < -0.39 is 0 Å². The average molecular weight is 379 g/mol. The van der Waals surface area contributed by atoms with Crippen LogP contribution >= 0.6 is 0 Å². The molecule has 2 heterocycles. The zero-order valence-corrected chi connectivity index (χ0v) is 16.4. The fourth-order valence-electron chi connectivity index (χ4n) is 2.55. The molecular formula is C21H25N5O2. The van der Waals surface area contributed by atoms with Crippen molar-refractivity contribution in [1.82, 2.24) is 20.6 Å². The lowest BCUT2D eigenvalue weighted by Gasteiger charge is -2.11. The second-order valence-corrected chi connectivity index (χ2v) is 6.23. The summed E-state index contributed by atoms with van der Waals surface area (Å²) in [5.74, 6) is 1.88. The van der Waals surface area contributed by atoms with Crippen LogP contribution in [0.25, 0.3) is 11.5 Å². The molecule has 0 bridgehead atoms. The van der Waals surface area contributed by atoms with Crippen LogP contribution in [0.3, 0.4) is 0 Å². The van der Waals surface area contributed by atoms with E-state index in [1.54, 1.807) is 13.4 Å². The highest BCUT2D eigenvalue weighted by atomic mass is 16.5. The van der Waals surface area contributed by atoms with Gasteiger partial charge in [0.1, 0.15) is 12.0 Å². The van der Waals surface area contributed by atoms with Crippen molar-refractivity contribution in [1.29, 1.82) is 0 Å². The number of benzene rings is 1. The number of aliphatic imine (C=N–C) groups is 1. The van der Waals surface area contributed by atoms with Crippen molar-refractivity contribution >= 4 is 5.96 Å². The molecule has 0 saturated carbocycles. The summed E-state index contributed by atoms with van der Waals surface area (Å²) in [7, 11) is 1.61. The highest BCUT2D eigenvalue weighted by molar-refractivity contribution is 5.79. The van der Waals surface area contributed by atoms with Gasteiger partial charge in [0.2, 0.25) is 11.8 Å². The average Bonchev–Trinajstić information content (AvgIpc) is 3.20. The number of aryl methyl sites for hydroxylation is 1. The van der Waals surface area contributed by atoms with Crippen molar-refractivity contribution in [2.75, 3.05) is 13.7 Å². The number of nitrogens with one attached hydrogen (secondary N) is 2. The van der Waals surface area contributed by atoms with Gasteiger partial charge in [-0.15, -0.1) is 0 Å². The number of hydrogen-bond acceptors (Lipinski definition) is 5. The second-order valence-electron chi connectivity index (χ2n) is 6.23. The van der Waals surface area contributed by atoms with Gasteiger partial charge in [0, 0.05) is 18.2 Å². The fraction of sp³-hybridized carbons (Fsp3) is 0.286. The SMILES string of the molecule is CCNC(=NCc1coc(-c2ccc(C)cc2)n1)NCc1cccc(OC)n1. The van der Waals surface area contributed by atoms with Gasteiger partial charge in [-0.2, -0.15) is 0 Å². The van der Waals surface area contributed by atoms with Gasteiger partial charge in [-0.25, -0.2) is 15.0 Å². The lowest BCUT2D eigenvalue weighted by atomic mass is 10.1. The van der Waals surface area contributed by atoms with E-state index in [-0.39, 0.29) is 0 Å². The number of ether oxygens (including phenoxy) is 1. The predicted octanol–water partition coefficient (Wildman–Crippen LogP) is 3.31. The third kappa shape index (κ3) is 5.33. The van der Waals surface area contributed by atoms with Gasteiger partial charge in [-0.3, -0.25) is 0 Å². The van der Waals surface area contributed by atoms with Gasteiger partial charge in [0.15, 0.2) is 5.96 Å². The van der Waals surface area contributed by atoms with E-state index in [9.17, 15) is 0 Å². The summed E-state index contributed by atoms with van der Waals surface area (Å²) in [5.41, 5.74) is 3.79. The molecule has 0 atom stereocenters. The molecule has 0 saturated heterocycles. The predicted molar refractivity (Wildman–Crippen MR) is 109 cm³/mol. The Morgan fingerprint density at radius 3 is 2.64 bits per heavy atom. The molecule has 0 spiro atoms. The van der Waals surface area contributed by atoms with Crippen molar-refractivity contribution < 1.29 is 9.15 Å². The van der Waals surface area contributed by atoms with Crippen LogP contribution in [-0.4, -0.2) is 29.6 Å². The molecule has 0 fully saturated rings. The smallest absolute Gasteiger partial charge is 0.226 e. The lowest BCUT2D eigenvalue weighted by molar-refractivity contribution is 0.396. The number of guanidine groups is 1. The fourth-order valence-corrected chi connectivity index (χ4v) is 2.55. The summed E-state index contributed by atoms with van der Waals surface area (Å²) in [6.07, 6.45) is 1.64. The van der Waals surface area contributed by atoms with Gasteiger partial charge < -0.3 is 19.8 Å². The first kappa shape index (κ1) is 19.4. The molecule has 0 amide bonds. The first-order valence-electron chi connectivity index (χ1n) is 9.21. The maximum absolute atomic E-state index is 5.59. The van der Waals surface area contributed by atoms with E-state index in [0.29, 0.717) is 30.8 Å². The summed E-state index contributed by atoms with van der Waals surface area (Å²) in [6.45, 7) is 5.78. The normalized spacial score (nSPS) is 11.3. The Morgan fingerprint density at radius 1 is 1.07 bits per heavy atom. The molecule has 3 rings (SSSR count). The second kappa shape index (κ2) is 9.55. The van der Waals surface area contributed by atoms with Crippen LogP contribution in [0.2, 0.25) is 0 Å². The molecule has 1 aromatic carbocycles. The van der Waals surface area contributed by atoms with Crippen LogP contribution in [0, 0.1) is 6.92 Å². The number of aromatic nitrogens is 2. The zero-order chi connectivity index (χ0) is 19.8. The van der Waals surface area contributed by atoms with E-state index in [1.165, 1.54) is 5.56 Å². The van der Waals surface area contributed by atoms with Crippen LogP contribution in [-0.2, 0) is 13.1 Å². The van der Waals surface area contributed by atoms with Gasteiger partial charge in [-0.1, -0.05) is 23.8 Å². The maximum atomic E-state index is 5.59. The largest absolute Gasteiger partial charge is 0.481 e. The van der Waals surface area contributed by atoms with Crippen LogP contribution in [0.1, 0.15) is 23.9 Å². The van der Waals surface area contributed by atoms with E-state index in [1.807, 2.05) is 49.4 Å². The molecule has 2 N–H and O–H groups in total. The number of oxazole rings is 1. The summed E-state index contributed by atoms with van der Waals surface area (Å²) in [4.78, 5) is 13.5. The quantitative estimate of drug-likeness (QED) is 0.484. The highest BCUT2D eigenvalue weighted by Gasteiger charge is 2.07. The minimum atomic E-state index is 0.413. The third-order valence-corrected chi connectivity index (χ3v) is 4.02. The summed E-state index contributed by atoms with van der Waals surface area (Å²) >= 11 is 0. The van der Waals surface area contributed by atoms with Crippen LogP contribution in [0.5, 0.6) is 5.88 Å². The number of nitrogens with zero attached hydrogens (tertiary/aromatic N) is 3. The Bertz CT molecular complexity index is 919. The van der Waals surface area contributed by atoms with Crippen LogP contribution in [0.4, 0.5) is 0 Å². The first-order chi connectivity index (χ1) is 13.7. The number of rotatable bonds is 7. The topological polar surface area (TPSA) is 84.6 Å². The van der Waals surface area contributed by atoms with E-state index in [4.69, 9.17) is 9.15 Å². The summed E-state index contributed by atoms with van der Waals surface area (Å²) < 4.78 is 10.7. The number of pyridine rings is 1. The van der Waals surface area contributed by atoms with Crippen molar-refractivity contribution in [2.45, 2.75) is 26.9 Å². The Balaban J connectivity index is 1.63.